The summed E-state index contributed by atoms with van der Waals surface area (Å²) >= 11 is 0. The van der Waals surface area contributed by atoms with Gasteiger partial charge < -0.3 is 9.64 Å². The van der Waals surface area contributed by atoms with E-state index >= 15 is 0 Å². The summed E-state index contributed by atoms with van der Waals surface area (Å²) in [4.78, 5) is 30.6. The number of para-hydroxylation sites is 1. The summed E-state index contributed by atoms with van der Waals surface area (Å²) in [7, 11) is 0. The maximum absolute atomic E-state index is 14.0. The van der Waals surface area contributed by atoms with Crippen molar-refractivity contribution in [1.82, 2.24) is 9.88 Å². The Hall–Kier alpha value is -2.50. The zero-order chi connectivity index (χ0) is 17.8. The lowest BCUT2D eigenvalue weighted by molar-refractivity contribution is -0.144. The van der Waals surface area contributed by atoms with Gasteiger partial charge in [0.25, 0.3) is 5.91 Å². The van der Waals surface area contributed by atoms with E-state index in [1.54, 1.807) is 36.1 Å². The van der Waals surface area contributed by atoms with Crippen molar-refractivity contribution in [3.63, 3.8) is 0 Å². The van der Waals surface area contributed by atoms with E-state index in [0.29, 0.717) is 18.5 Å². The number of hydrogen-bond acceptors (Lipinski definition) is 4. The molecule has 1 aliphatic rings. The molecule has 1 aliphatic heterocycles. The molecule has 1 aromatic heterocycles. The third kappa shape index (κ3) is 3.78. The number of esters is 1. The number of fused-ring (bicyclic) bond motifs is 1. The Morgan fingerprint density at radius 2 is 2.12 bits per heavy atom. The van der Waals surface area contributed by atoms with Gasteiger partial charge in [0, 0.05) is 18.0 Å². The van der Waals surface area contributed by atoms with Crippen LogP contribution in [0.3, 0.4) is 0 Å². The Balaban J connectivity index is 1.84. The molecule has 5 nitrogen and oxygen atoms in total. The summed E-state index contributed by atoms with van der Waals surface area (Å²) in [5, 5.41) is 0.651. The van der Waals surface area contributed by atoms with E-state index in [9.17, 15) is 14.0 Å². The number of likely N-dealkylation sites (tertiary alicyclic amines) is 1. The number of amides is 1. The number of rotatable bonds is 4. The fourth-order valence-electron chi connectivity index (χ4n) is 3.27. The molecule has 1 amide bonds. The van der Waals surface area contributed by atoms with Gasteiger partial charge in [-0.05, 0) is 38.3 Å². The van der Waals surface area contributed by atoms with Gasteiger partial charge in [0.05, 0.1) is 13.0 Å². The van der Waals surface area contributed by atoms with Crippen LogP contribution in [0.4, 0.5) is 4.39 Å². The predicted octanol–water partition coefficient (Wildman–Crippen LogP) is 3.32. The summed E-state index contributed by atoms with van der Waals surface area (Å²) in [6.45, 7) is 2.65. The second-order valence-corrected chi connectivity index (χ2v) is 6.17. The molecule has 1 saturated heterocycles. The third-order valence-corrected chi connectivity index (χ3v) is 4.49. The third-order valence-electron chi connectivity index (χ3n) is 4.49. The molecule has 132 valence electrons. The Morgan fingerprint density at radius 3 is 2.92 bits per heavy atom. The van der Waals surface area contributed by atoms with Crippen molar-refractivity contribution in [1.29, 1.82) is 0 Å². The predicted molar refractivity (Wildman–Crippen MR) is 91.6 cm³/mol. The van der Waals surface area contributed by atoms with Crippen LogP contribution in [0.1, 0.15) is 43.1 Å². The number of benzene rings is 1. The van der Waals surface area contributed by atoms with Gasteiger partial charge in [-0.25, -0.2) is 9.37 Å². The first-order valence-electron chi connectivity index (χ1n) is 8.62. The van der Waals surface area contributed by atoms with Crippen molar-refractivity contribution in [2.75, 3.05) is 13.2 Å². The van der Waals surface area contributed by atoms with Crippen molar-refractivity contribution in [3.05, 3.63) is 41.8 Å². The largest absolute Gasteiger partial charge is 0.466 e. The number of carbonyl (C=O) groups excluding carboxylic acids is 2. The quantitative estimate of drug-likeness (QED) is 0.799. The highest BCUT2D eigenvalue weighted by atomic mass is 19.1. The van der Waals surface area contributed by atoms with Gasteiger partial charge in [-0.15, -0.1) is 0 Å². The van der Waals surface area contributed by atoms with Crippen LogP contribution in [0.2, 0.25) is 0 Å². The molecular weight excluding hydrogens is 323 g/mol. The topological polar surface area (TPSA) is 59.5 Å². The van der Waals surface area contributed by atoms with E-state index in [1.165, 1.54) is 6.07 Å². The highest BCUT2D eigenvalue weighted by Crippen LogP contribution is 2.23. The Bertz CT molecular complexity index is 793. The Labute approximate surface area is 145 Å². The van der Waals surface area contributed by atoms with Crippen molar-refractivity contribution < 1.29 is 18.7 Å². The van der Waals surface area contributed by atoms with Gasteiger partial charge in [0.2, 0.25) is 0 Å². The number of halogens is 1. The minimum absolute atomic E-state index is 0.182. The van der Waals surface area contributed by atoms with Gasteiger partial charge in [-0.3, -0.25) is 9.59 Å². The van der Waals surface area contributed by atoms with E-state index < -0.39 is 5.82 Å². The number of carbonyl (C=O) groups is 2. The van der Waals surface area contributed by atoms with Crippen LogP contribution < -0.4 is 0 Å². The lowest BCUT2D eigenvalue weighted by atomic mass is 9.98. The molecule has 25 heavy (non-hydrogen) atoms. The van der Waals surface area contributed by atoms with Crippen molar-refractivity contribution in [2.45, 2.75) is 38.6 Å². The fraction of sp³-hybridized carbons (Fsp3) is 0.421. The molecule has 0 aliphatic carbocycles. The average Bonchev–Trinajstić information content (AvgIpc) is 2.62. The first kappa shape index (κ1) is 17.3. The van der Waals surface area contributed by atoms with Crippen molar-refractivity contribution >= 4 is 22.8 Å². The van der Waals surface area contributed by atoms with Gasteiger partial charge in [-0.2, -0.15) is 0 Å². The SMILES string of the molecule is CCOC(=O)C[C@@H]1CCCCN1C(=O)c1ccc2cccc(F)c2n1. The van der Waals surface area contributed by atoms with E-state index in [-0.39, 0.29) is 35.5 Å². The lowest BCUT2D eigenvalue weighted by Crippen LogP contribution is -2.45. The number of pyridine rings is 1. The summed E-state index contributed by atoms with van der Waals surface area (Å²) in [5.74, 6) is -1.02. The maximum Gasteiger partial charge on any atom is 0.307 e. The maximum atomic E-state index is 14.0. The van der Waals surface area contributed by atoms with Gasteiger partial charge in [0.15, 0.2) is 0 Å². The molecule has 0 bridgehead atoms. The first-order valence-corrected chi connectivity index (χ1v) is 8.62. The monoisotopic (exact) mass is 344 g/mol. The number of aromatic nitrogens is 1. The summed E-state index contributed by atoms with van der Waals surface area (Å²) in [6, 6.07) is 7.81. The molecule has 0 radical (unpaired) electrons. The molecule has 1 aromatic carbocycles. The minimum Gasteiger partial charge on any atom is -0.466 e. The molecule has 0 saturated carbocycles. The summed E-state index contributed by atoms with van der Waals surface area (Å²) < 4.78 is 19.0. The van der Waals surface area contributed by atoms with E-state index in [4.69, 9.17) is 4.74 Å². The molecule has 0 unspecified atom stereocenters. The second kappa shape index (κ2) is 7.59. The number of piperidine rings is 1. The molecule has 3 rings (SSSR count). The molecular formula is C19H21FN2O3. The first-order chi connectivity index (χ1) is 12.1. The zero-order valence-electron chi connectivity index (χ0n) is 14.2. The average molecular weight is 344 g/mol. The highest BCUT2D eigenvalue weighted by molar-refractivity contribution is 5.95. The van der Waals surface area contributed by atoms with Crippen molar-refractivity contribution in [2.24, 2.45) is 0 Å². The van der Waals surface area contributed by atoms with Crippen LogP contribution in [-0.4, -0.2) is 41.0 Å². The van der Waals surface area contributed by atoms with Gasteiger partial charge >= 0.3 is 5.97 Å². The number of nitrogens with zero attached hydrogens (tertiary/aromatic N) is 2. The molecule has 1 fully saturated rings. The van der Waals surface area contributed by atoms with Crippen LogP contribution in [-0.2, 0) is 9.53 Å². The standard InChI is InChI=1S/C19H21FN2O3/c1-2-25-17(23)12-14-7-3-4-11-22(14)19(24)16-10-9-13-6-5-8-15(20)18(13)21-16/h5-6,8-10,14H,2-4,7,11-12H2,1H3/t14-/m0/s1. The van der Waals surface area contributed by atoms with Crippen molar-refractivity contribution in [3.8, 4) is 0 Å². The van der Waals surface area contributed by atoms with E-state index in [0.717, 1.165) is 19.3 Å². The molecule has 6 heteroatoms. The van der Waals surface area contributed by atoms with Gasteiger partial charge in [-0.1, -0.05) is 18.2 Å². The minimum atomic E-state index is -0.450. The van der Waals surface area contributed by atoms with Gasteiger partial charge in [0.1, 0.15) is 17.0 Å². The molecule has 1 atom stereocenters. The van der Waals surface area contributed by atoms with E-state index in [1.807, 2.05) is 0 Å². The fourth-order valence-corrected chi connectivity index (χ4v) is 3.27. The summed E-state index contributed by atoms with van der Waals surface area (Å²) in [5.41, 5.74) is 0.390. The Kier molecular flexibility index (Phi) is 5.26. The molecule has 0 spiro atoms. The highest BCUT2D eigenvalue weighted by Gasteiger charge is 2.30. The molecule has 2 heterocycles. The van der Waals surface area contributed by atoms with Crippen LogP contribution in [0, 0.1) is 5.82 Å². The van der Waals surface area contributed by atoms with Crippen LogP contribution in [0.15, 0.2) is 30.3 Å². The van der Waals surface area contributed by atoms with Crippen LogP contribution in [0.5, 0.6) is 0 Å². The smallest absolute Gasteiger partial charge is 0.307 e. The lowest BCUT2D eigenvalue weighted by Gasteiger charge is -2.35. The second-order valence-electron chi connectivity index (χ2n) is 6.17. The normalized spacial score (nSPS) is 17.5. The number of hydrogen-bond donors (Lipinski definition) is 0. The molecule has 2 aromatic rings. The zero-order valence-corrected chi connectivity index (χ0v) is 14.2. The number of ether oxygens (including phenoxy) is 1. The summed E-state index contributed by atoms with van der Waals surface area (Å²) in [6.07, 6.45) is 2.79. The van der Waals surface area contributed by atoms with Crippen LogP contribution >= 0.6 is 0 Å². The van der Waals surface area contributed by atoms with E-state index in [2.05, 4.69) is 4.98 Å². The molecule has 0 N–H and O–H groups in total. The van der Waals surface area contributed by atoms with Crippen LogP contribution in [0.25, 0.3) is 10.9 Å². The Morgan fingerprint density at radius 1 is 1.28 bits per heavy atom.